The first-order chi connectivity index (χ1) is 8.46. The molecule has 6 heteroatoms. The lowest BCUT2D eigenvalue weighted by molar-refractivity contribution is 0.563. The van der Waals surface area contributed by atoms with Crippen LogP contribution in [0.15, 0.2) is 24.3 Å². The third-order valence-corrected chi connectivity index (χ3v) is 4.32. The van der Waals surface area contributed by atoms with E-state index in [0.29, 0.717) is 11.6 Å². The summed E-state index contributed by atoms with van der Waals surface area (Å²) < 4.78 is 26.2. The molecule has 0 saturated carbocycles. The van der Waals surface area contributed by atoms with Crippen LogP contribution in [0.4, 0.5) is 0 Å². The second kappa shape index (κ2) is 7.09. The maximum atomic E-state index is 11.8. The zero-order valence-corrected chi connectivity index (χ0v) is 12.2. The molecular weight excluding hydrogens is 272 g/mol. The highest BCUT2D eigenvalue weighted by Crippen LogP contribution is 2.22. The van der Waals surface area contributed by atoms with E-state index < -0.39 is 10.0 Å². The summed E-state index contributed by atoms with van der Waals surface area (Å²) in [7, 11) is -3.29. The highest BCUT2D eigenvalue weighted by atomic mass is 35.5. The minimum absolute atomic E-state index is 0.0651. The van der Waals surface area contributed by atoms with Gasteiger partial charge in [0.1, 0.15) is 0 Å². The van der Waals surface area contributed by atoms with Gasteiger partial charge in [-0.05, 0) is 25.1 Å². The van der Waals surface area contributed by atoms with Gasteiger partial charge in [-0.15, -0.1) is 0 Å². The smallest absolute Gasteiger partial charge is 0.213 e. The highest BCUT2D eigenvalue weighted by molar-refractivity contribution is 7.89. The summed E-state index contributed by atoms with van der Waals surface area (Å²) in [5.41, 5.74) is 0.784. The van der Waals surface area contributed by atoms with Crippen molar-refractivity contribution in [1.82, 2.24) is 10.0 Å². The Morgan fingerprint density at radius 1 is 1.33 bits per heavy atom. The predicted molar refractivity (Wildman–Crippen MR) is 75.3 cm³/mol. The van der Waals surface area contributed by atoms with Crippen molar-refractivity contribution in [2.24, 2.45) is 0 Å². The molecule has 1 atom stereocenters. The van der Waals surface area contributed by atoms with Crippen LogP contribution in [0.3, 0.4) is 0 Å². The molecule has 0 fully saturated rings. The fourth-order valence-corrected chi connectivity index (χ4v) is 3.10. The summed E-state index contributed by atoms with van der Waals surface area (Å²) in [6, 6.07) is 6.90. The summed E-state index contributed by atoms with van der Waals surface area (Å²) in [5, 5.41) is 3.55. The summed E-state index contributed by atoms with van der Waals surface area (Å²) in [6.07, 6.45) is 0. The van der Waals surface area contributed by atoms with Crippen molar-refractivity contribution >= 4 is 21.6 Å². The van der Waals surface area contributed by atoms with E-state index in [1.54, 1.807) is 13.0 Å². The molecule has 0 saturated heterocycles. The van der Waals surface area contributed by atoms with Gasteiger partial charge in [0, 0.05) is 17.6 Å². The zero-order valence-electron chi connectivity index (χ0n) is 10.6. The van der Waals surface area contributed by atoms with Crippen LogP contribution in [0.5, 0.6) is 0 Å². The maximum Gasteiger partial charge on any atom is 0.213 e. The second-order valence-electron chi connectivity index (χ2n) is 4.03. The molecule has 18 heavy (non-hydrogen) atoms. The molecule has 0 aliphatic rings. The van der Waals surface area contributed by atoms with E-state index in [4.69, 9.17) is 11.6 Å². The number of rotatable bonds is 7. The largest absolute Gasteiger partial charge is 0.316 e. The van der Waals surface area contributed by atoms with Gasteiger partial charge in [0.15, 0.2) is 0 Å². The van der Waals surface area contributed by atoms with Crippen LogP contribution in [0, 0.1) is 0 Å². The van der Waals surface area contributed by atoms with E-state index in [0.717, 1.165) is 12.1 Å². The Balaban J connectivity index is 2.64. The first-order valence-electron chi connectivity index (χ1n) is 5.91. The number of hydrogen-bond acceptors (Lipinski definition) is 3. The van der Waals surface area contributed by atoms with Gasteiger partial charge in [-0.25, -0.2) is 13.1 Å². The Morgan fingerprint density at radius 2 is 2.00 bits per heavy atom. The fourth-order valence-electron chi connectivity index (χ4n) is 1.60. The van der Waals surface area contributed by atoms with E-state index in [9.17, 15) is 8.42 Å². The van der Waals surface area contributed by atoms with Crippen molar-refractivity contribution in [2.75, 3.05) is 18.8 Å². The molecule has 0 aliphatic heterocycles. The van der Waals surface area contributed by atoms with Crippen LogP contribution in [0.2, 0.25) is 5.02 Å². The molecule has 1 unspecified atom stereocenters. The van der Waals surface area contributed by atoms with Gasteiger partial charge in [-0.1, -0.05) is 36.7 Å². The summed E-state index contributed by atoms with van der Waals surface area (Å²) in [6.45, 7) is 4.93. The molecule has 1 rings (SSSR count). The third-order valence-electron chi connectivity index (χ3n) is 2.53. The average Bonchev–Trinajstić information content (AvgIpc) is 2.29. The van der Waals surface area contributed by atoms with Crippen molar-refractivity contribution in [1.29, 1.82) is 0 Å². The molecule has 1 aromatic rings. The average molecular weight is 291 g/mol. The van der Waals surface area contributed by atoms with Gasteiger partial charge in [-0.2, -0.15) is 0 Å². The minimum Gasteiger partial charge on any atom is -0.316 e. The number of halogens is 1. The van der Waals surface area contributed by atoms with E-state index >= 15 is 0 Å². The van der Waals surface area contributed by atoms with Crippen molar-refractivity contribution in [3.63, 3.8) is 0 Å². The van der Waals surface area contributed by atoms with Crippen LogP contribution < -0.4 is 10.0 Å². The van der Waals surface area contributed by atoms with Crippen LogP contribution in [0.25, 0.3) is 0 Å². The summed E-state index contributed by atoms with van der Waals surface area (Å²) in [4.78, 5) is 0. The molecule has 0 aromatic heterocycles. The Bertz CT molecular complexity index is 477. The van der Waals surface area contributed by atoms with E-state index in [-0.39, 0.29) is 11.8 Å². The fraction of sp³-hybridized carbons (Fsp3) is 0.500. The topological polar surface area (TPSA) is 58.2 Å². The van der Waals surface area contributed by atoms with Gasteiger partial charge in [-0.3, -0.25) is 0 Å². The lowest BCUT2D eigenvalue weighted by Gasteiger charge is -2.15. The first kappa shape index (κ1) is 15.4. The number of benzene rings is 1. The number of sulfonamides is 1. The highest BCUT2D eigenvalue weighted by Gasteiger charge is 2.16. The predicted octanol–water partition coefficient (Wildman–Crippen LogP) is 1.93. The van der Waals surface area contributed by atoms with Crippen molar-refractivity contribution in [3.8, 4) is 0 Å². The molecule has 4 nitrogen and oxygen atoms in total. The lowest BCUT2D eigenvalue weighted by Crippen LogP contribution is -2.33. The first-order valence-corrected chi connectivity index (χ1v) is 7.94. The van der Waals surface area contributed by atoms with E-state index in [2.05, 4.69) is 10.0 Å². The zero-order chi connectivity index (χ0) is 13.6. The molecule has 0 bridgehead atoms. The van der Waals surface area contributed by atoms with E-state index in [1.165, 1.54) is 0 Å². The van der Waals surface area contributed by atoms with Gasteiger partial charge in [0.05, 0.1) is 5.75 Å². The Morgan fingerprint density at radius 3 is 2.61 bits per heavy atom. The Kier molecular flexibility index (Phi) is 6.08. The standard InChI is InChI=1S/C12H19ClN2O2S/c1-3-14-8-9-18(16,17)15-10(2)11-6-4-5-7-12(11)13/h4-7,10,14-15H,3,8-9H2,1-2H3. The van der Waals surface area contributed by atoms with Gasteiger partial charge < -0.3 is 5.32 Å². The van der Waals surface area contributed by atoms with Gasteiger partial charge >= 0.3 is 0 Å². The Hall–Kier alpha value is -0.620. The molecule has 0 radical (unpaired) electrons. The van der Waals surface area contributed by atoms with Crippen molar-refractivity contribution in [3.05, 3.63) is 34.9 Å². The normalized spacial score (nSPS) is 13.5. The molecule has 0 amide bonds. The Labute approximate surface area is 114 Å². The summed E-state index contributed by atoms with van der Waals surface area (Å²) in [5.74, 6) is 0.0651. The van der Waals surface area contributed by atoms with Crippen molar-refractivity contribution in [2.45, 2.75) is 19.9 Å². The molecule has 2 N–H and O–H groups in total. The van der Waals surface area contributed by atoms with Crippen molar-refractivity contribution < 1.29 is 8.42 Å². The number of nitrogens with one attached hydrogen (secondary N) is 2. The molecular formula is C12H19ClN2O2S. The lowest BCUT2D eigenvalue weighted by atomic mass is 10.1. The van der Waals surface area contributed by atoms with Gasteiger partial charge in [0.2, 0.25) is 10.0 Å². The van der Waals surface area contributed by atoms with Crippen LogP contribution >= 0.6 is 11.6 Å². The second-order valence-corrected chi connectivity index (χ2v) is 6.31. The SMILES string of the molecule is CCNCCS(=O)(=O)NC(C)c1ccccc1Cl. The maximum absolute atomic E-state index is 11.8. The van der Waals surface area contributed by atoms with Crippen LogP contribution in [-0.2, 0) is 10.0 Å². The molecule has 102 valence electrons. The molecule has 0 spiro atoms. The molecule has 0 heterocycles. The minimum atomic E-state index is -3.29. The summed E-state index contributed by atoms with van der Waals surface area (Å²) >= 11 is 6.03. The number of hydrogen-bond donors (Lipinski definition) is 2. The van der Waals surface area contributed by atoms with Crippen LogP contribution in [-0.4, -0.2) is 27.3 Å². The van der Waals surface area contributed by atoms with E-state index in [1.807, 2.05) is 25.1 Å². The third kappa shape index (κ3) is 4.94. The van der Waals surface area contributed by atoms with Crippen LogP contribution in [0.1, 0.15) is 25.5 Å². The van der Waals surface area contributed by atoms with Gasteiger partial charge in [0.25, 0.3) is 0 Å². The molecule has 1 aromatic carbocycles. The monoisotopic (exact) mass is 290 g/mol. The molecule has 0 aliphatic carbocycles. The quantitative estimate of drug-likeness (QED) is 0.755.